The average molecular weight is 427 g/mol. The first-order chi connectivity index (χ1) is 14.9. The van der Waals surface area contributed by atoms with Crippen molar-refractivity contribution in [1.29, 1.82) is 0 Å². The summed E-state index contributed by atoms with van der Waals surface area (Å²) in [5.74, 6) is -3.12. The molecule has 0 heterocycles. The number of carboxylic acids is 1. The number of unbranched alkanes of at least 4 members (excludes halogenated alkanes) is 2. The molecule has 0 aliphatic heterocycles. The molecule has 2 amide bonds. The molecule has 0 saturated heterocycles. The fourth-order valence-corrected chi connectivity index (χ4v) is 3.32. The van der Waals surface area contributed by atoms with Crippen LogP contribution in [0.3, 0.4) is 0 Å². The number of hydrogen-bond acceptors (Lipinski definition) is 4. The molecule has 2 aromatic carbocycles. The van der Waals surface area contributed by atoms with Gasteiger partial charge in [0, 0.05) is 6.42 Å². The van der Waals surface area contributed by atoms with Crippen LogP contribution in [-0.2, 0) is 25.6 Å². The molecule has 7 nitrogen and oxygen atoms in total. The number of fused-ring (bicyclic) bond motifs is 1. The number of benzene rings is 2. The van der Waals surface area contributed by atoms with E-state index >= 15 is 0 Å². The zero-order valence-electron chi connectivity index (χ0n) is 17.9. The molecule has 2 rings (SSSR count). The third kappa shape index (κ3) is 8.20. The topological polar surface area (TPSA) is 113 Å². The van der Waals surface area contributed by atoms with Crippen molar-refractivity contribution in [1.82, 2.24) is 10.6 Å². The first kappa shape index (κ1) is 24.1. The van der Waals surface area contributed by atoms with E-state index in [1.807, 2.05) is 19.1 Å². The number of nitrogens with one attached hydrogen (secondary N) is 2. The van der Waals surface area contributed by atoms with Crippen molar-refractivity contribution in [2.75, 3.05) is 6.54 Å². The molecule has 7 heteroatoms. The average Bonchev–Trinajstić information content (AvgIpc) is 2.77. The van der Waals surface area contributed by atoms with Crippen LogP contribution in [0.2, 0.25) is 0 Å². The van der Waals surface area contributed by atoms with E-state index in [-0.39, 0.29) is 6.42 Å². The zero-order chi connectivity index (χ0) is 22.6. The third-order valence-electron chi connectivity index (χ3n) is 5.07. The van der Waals surface area contributed by atoms with Crippen LogP contribution < -0.4 is 10.6 Å². The summed E-state index contributed by atoms with van der Waals surface area (Å²) in [7, 11) is 0. The Balaban J connectivity index is 1.78. The van der Waals surface area contributed by atoms with Crippen LogP contribution in [0.5, 0.6) is 0 Å². The van der Waals surface area contributed by atoms with Crippen molar-refractivity contribution in [3.05, 3.63) is 48.0 Å². The van der Waals surface area contributed by atoms with Gasteiger partial charge in [0.25, 0.3) is 5.91 Å². The summed E-state index contributed by atoms with van der Waals surface area (Å²) in [6.45, 7) is 1.41. The van der Waals surface area contributed by atoms with E-state index in [0.29, 0.717) is 19.3 Å². The van der Waals surface area contributed by atoms with Crippen molar-refractivity contribution in [2.45, 2.75) is 57.9 Å². The normalized spacial score (nSPS) is 11.6. The predicted molar refractivity (Wildman–Crippen MR) is 119 cm³/mol. The molecular formula is C24H30N2O5. The van der Waals surface area contributed by atoms with Gasteiger partial charge in [-0.2, -0.15) is 0 Å². The lowest BCUT2D eigenvalue weighted by atomic mass is 10.0. The molecule has 0 spiro atoms. The van der Waals surface area contributed by atoms with Crippen molar-refractivity contribution in [2.24, 2.45) is 0 Å². The van der Waals surface area contributed by atoms with Gasteiger partial charge in [0.1, 0.15) is 12.6 Å². The lowest BCUT2D eigenvalue weighted by Crippen LogP contribution is -2.49. The van der Waals surface area contributed by atoms with E-state index in [0.717, 1.165) is 19.3 Å². The second-order valence-electron chi connectivity index (χ2n) is 7.59. The highest BCUT2D eigenvalue weighted by Crippen LogP contribution is 2.17. The van der Waals surface area contributed by atoms with Crippen molar-refractivity contribution in [3.8, 4) is 0 Å². The maximum atomic E-state index is 12.2. The highest BCUT2D eigenvalue weighted by molar-refractivity contribution is 6.36. The predicted octanol–water partition coefficient (Wildman–Crippen LogP) is 3.00. The van der Waals surface area contributed by atoms with E-state index in [9.17, 15) is 19.2 Å². The molecule has 0 aromatic heterocycles. The van der Waals surface area contributed by atoms with E-state index < -0.39 is 36.2 Å². The number of rotatable bonds is 13. The van der Waals surface area contributed by atoms with Gasteiger partial charge in [0.15, 0.2) is 0 Å². The summed E-state index contributed by atoms with van der Waals surface area (Å²) in [6.07, 6.45) is 4.10. The van der Waals surface area contributed by atoms with E-state index in [1.54, 1.807) is 0 Å². The van der Waals surface area contributed by atoms with Crippen LogP contribution in [0.4, 0.5) is 0 Å². The number of carboxylic acid groups (broad SMARTS) is 1. The van der Waals surface area contributed by atoms with Crippen LogP contribution in [0.1, 0.15) is 51.0 Å². The fourth-order valence-electron chi connectivity index (χ4n) is 3.32. The molecular weight excluding hydrogens is 396 g/mol. The smallest absolute Gasteiger partial charge is 0.322 e. The molecule has 31 heavy (non-hydrogen) atoms. The van der Waals surface area contributed by atoms with Gasteiger partial charge < -0.3 is 15.7 Å². The monoisotopic (exact) mass is 426 g/mol. The Bertz CT molecular complexity index is 925. The zero-order valence-corrected chi connectivity index (χ0v) is 17.9. The summed E-state index contributed by atoms with van der Waals surface area (Å²) in [5.41, 5.74) is 1.19. The number of ketones is 1. The molecule has 0 aliphatic carbocycles. The van der Waals surface area contributed by atoms with E-state index in [1.165, 1.54) is 16.3 Å². The minimum Gasteiger partial charge on any atom is -0.480 e. The van der Waals surface area contributed by atoms with E-state index in [4.69, 9.17) is 5.11 Å². The lowest BCUT2D eigenvalue weighted by molar-refractivity contribution is -0.140. The maximum Gasteiger partial charge on any atom is 0.322 e. The summed E-state index contributed by atoms with van der Waals surface area (Å²) in [5, 5.41) is 15.8. The molecule has 0 aliphatic rings. The largest absolute Gasteiger partial charge is 0.480 e. The van der Waals surface area contributed by atoms with Gasteiger partial charge in [0.05, 0.1) is 0 Å². The van der Waals surface area contributed by atoms with Gasteiger partial charge in [-0.05, 0) is 42.0 Å². The molecule has 0 bridgehead atoms. The van der Waals surface area contributed by atoms with Gasteiger partial charge in [0.2, 0.25) is 11.7 Å². The van der Waals surface area contributed by atoms with Gasteiger partial charge in [-0.15, -0.1) is 0 Å². The molecule has 0 fully saturated rings. The number of amides is 2. The van der Waals surface area contributed by atoms with Gasteiger partial charge in [-0.1, -0.05) is 62.2 Å². The van der Waals surface area contributed by atoms with Crippen LogP contribution in [0.15, 0.2) is 42.5 Å². The van der Waals surface area contributed by atoms with Crippen molar-refractivity contribution >= 4 is 34.3 Å². The minimum atomic E-state index is -1.17. The first-order valence-electron chi connectivity index (χ1n) is 10.7. The standard InChI is InChI=1S/C24H30N2O5/c1-2-3-11-20(23(30)25-16-22(28)29)26-24(31)21(27)12-7-4-8-17-13-14-18-9-5-6-10-19(18)15-17/h5-6,9-10,13-15,20H,2-4,7-8,11-12,16H2,1H3,(H,25,30)(H,26,31)(H,28,29)/t20-/m0/s1. The van der Waals surface area contributed by atoms with Crippen LogP contribution >= 0.6 is 0 Å². The van der Waals surface area contributed by atoms with Crippen LogP contribution in [0.25, 0.3) is 10.8 Å². The fraction of sp³-hybridized carbons (Fsp3) is 0.417. The third-order valence-corrected chi connectivity index (χ3v) is 5.07. The van der Waals surface area contributed by atoms with Gasteiger partial charge in [-0.3, -0.25) is 19.2 Å². The Labute approximate surface area is 182 Å². The Kier molecular flexibility index (Phi) is 9.68. The second-order valence-corrected chi connectivity index (χ2v) is 7.59. The number of aliphatic carboxylic acids is 1. The molecule has 2 aromatic rings. The highest BCUT2D eigenvalue weighted by atomic mass is 16.4. The second kappa shape index (κ2) is 12.5. The minimum absolute atomic E-state index is 0.108. The molecule has 166 valence electrons. The highest BCUT2D eigenvalue weighted by Gasteiger charge is 2.23. The Morgan fingerprint density at radius 2 is 1.71 bits per heavy atom. The summed E-state index contributed by atoms with van der Waals surface area (Å²) < 4.78 is 0. The SMILES string of the molecule is CCCC[C@H](NC(=O)C(=O)CCCCc1ccc2ccccc2c1)C(=O)NCC(=O)O. The molecule has 0 unspecified atom stereocenters. The van der Waals surface area contributed by atoms with Gasteiger partial charge >= 0.3 is 5.97 Å². The van der Waals surface area contributed by atoms with Crippen LogP contribution in [0, 0.1) is 0 Å². The number of Topliss-reactive ketones (excluding diaryl/α,β-unsaturated/α-hetero) is 1. The van der Waals surface area contributed by atoms with Crippen molar-refractivity contribution in [3.63, 3.8) is 0 Å². The van der Waals surface area contributed by atoms with Crippen LogP contribution in [-0.4, -0.2) is 41.3 Å². The summed E-state index contributed by atoms with van der Waals surface area (Å²) in [4.78, 5) is 47.2. The Hall–Kier alpha value is -3.22. The number of carbonyl (C=O) groups excluding carboxylic acids is 3. The molecule has 0 radical (unpaired) electrons. The van der Waals surface area contributed by atoms with Crippen molar-refractivity contribution < 1.29 is 24.3 Å². The molecule has 3 N–H and O–H groups in total. The summed E-state index contributed by atoms with van der Waals surface area (Å²) >= 11 is 0. The van der Waals surface area contributed by atoms with E-state index in [2.05, 4.69) is 41.0 Å². The quantitative estimate of drug-likeness (QED) is 0.337. The number of aryl methyl sites for hydroxylation is 1. The Morgan fingerprint density at radius 3 is 2.42 bits per heavy atom. The summed E-state index contributed by atoms with van der Waals surface area (Å²) in [6, 6.07) is 13.5. The van der Waals surface area contributed by atoms with Gasteiger partial charge in [-0.25, -0.2) is 0 Å². The Morgan fingerprint density at radius 1 is 0.968 bits per heavy atom. The maximum absolute atomic E-state index is 12.2. The number of hydrogen-bond donors (Lipinski definition) is 3. The first-order valence-corrected chi connectivity index (χ1v) is 10.7. The molecule has 0 saturated carbocycles. The number of carbonyl (C=O) groups is 4. The lowest BCUT2D eigenvalue weighted by Gasteiger charge is -2.17. The molecule has 1 atom stereocenters.